The van der Waals surface area contributed by atoms with Gasteiger partial charge in [0, 0.05) is 18.5 Å². The zero-order chi connectivity index (χ0) is 13.8. The van der Waals surface area contributed by atoms with E-state index >= 15 is 0 Å². The molecule has 1 heterocycles. The van der Waals surface area contributed by atoms with E-state index in [1.54, 1.807) is 0 Å². The number of ether oxygens (including phenoxy) is 1. The number of hydrogen-bond acceptors (Lipinski definition) is 2. The molecule has 20 heavy (non-hydrogen) atoms. The highest BCUT2D eigenvalue weighted by atomic mass is 16.5. The summed E-state index contributed by atoms with van der Waals surface area (Å²) in [4.78, 5) is 0. The Morgan fingerprint density at radius 1 is 1.05 bits per heavy atom. The van der Waals surface area contributed by atoms with Crippen molar-refractivity contribution in [3.05, 3.63) is 53.6 Å². The van der Waals surface area contributed by atoms with Crippen LogP contribution < -0.4 is 10.1 Å². The molecule has 3 rings (SSSR count). The van der Waals surface area contributed by atoms with Crippen molar-refractivity contribution in [2.45, 2.75) is 26.3 Å². The van der Waals surface area contributed by atoms with Gasteiger partial charge in [-0.1, -0.05) is 49.4 Å². The van der Waals surface area contributed by atoms with Gasteiger partial charge in [0.15, 0.2) is 0 Å². The fraction of sp³-hybridized carbons (Fsp3) is 0.333. The molecular formula is C18H21NO. The molecule has 0 unspecified atom stereocenters. The molecule has 2 heteroatoms. The normalized spacial score (nSPS) is 13.1. The predicted octanol–water partition coefficient (Wildman–Crippen LogP) is 3.79. The lowest BCUT2D eigenvalue weighted by molar-refractivity contribution is 0.358. The number of fused-ring (bicyclic) bond motifs is 1. The third-order valence-corrected chi connectivity index (χ3v) is 3.76. The maximum absolute atomic E-state index is 5.84. The summed E-state index contributed by atoms with van der Waals surface area (Å²) < 4.78 is 5.84. The van der Waals surface area contributed by atoms with Gasteiger partial charge in [0.1, 0.15) is 5.75 Å². The van der Waals surface area contributed by atoms with Gasteiger partial charge in [-0.15, -0.1) is 0 Å². The molecule has 0 fully saturated rings. The van der Waals surface area contributed by atoms with Crippen LogP contribution in [0.1, 0.15) is 24.5 Å². The van der Waals surface area contributed by atoms with E-state index in [9.17, 15) is 0 Å². The third kappa shape index (κ3) is 2.56. The molecular weight excluding hydrogens is 246 g/mol. The quantitative estimate of drug-likeness (QED) is 0.832. The Labute approximate surface area is 120 Å². The van der Waals surface area contributed by atoms with Gasteiger partial charge in [-0.3, -0.25) is 0 Å². The van der Waals surface area contributed by atoms with Gasteiger partial charge < -0.3 is 10.1 Å². The van der Waals surface area contributed by atoms with Gasteiger partial charge in [0.2, 0.25) is 0 Å². The minimum absolute atomic E-state index is 0.808. The highest BCUT2D eigenvalue weighted by molar-refractivity contribution is 5.75. The SMILES string of the molecule is CCCNCc1ccccc1-c1cccc2c1OCC2. The van der Waals surface area contributed by atoms with Crippen LogP contribution in [0, 0.1) is 0 Å². The molecule has 1 aliphatic rings. The first-order chi connectivity index (χ1) is 9.90. The highest BCUT2D eigenvalue weighted by Gasteiger charge is 2.18. The molecule has 0 saturated carbocycles. The maximum Gasteiger partial charge on any atom is 0.130 e. The van der Waals surface area contributed by atoms with Crippen molar-refractivity contribution in [1.29, 1.82) is 0 Å². The summed E-state index contributed by atoms with van der Waals surface area (Å²) in [6.45, 7) is 4.96. The molecule has 2 nitrogen and oxygen atoms in total. The van der Waals surface area contributed by atoms with Crippen molar-refractivity contribution in [3.63, 3.8) is 0 Å². The van der Waals surface area contributed by atoms with Crippen molar-refractivity contribution in [3.8, 4) is 16.9 Å². The molecule has 2 aromatic carbocycles. The molecule has 0 aliphatic carbocycles. The van der Waals surface area contributed by atoms with E-state index in [-0.39, 0.29) is 0 Å². The number of para-hydroxylation sites is 1. The largest absolute Gasteiger partial charge is 0.492 e. The van der Waals surface area contributed by atoms with Crippen molar-refractivity contribution < 1.29 is 4.74 Å². The van der Waals surface area contributed by atoms with Crippen LogP contribution in [-0.4, -0.2) is 13.2 Å². The summed E-state index contributed by atoms with van der Waals surface area (Å²) in [6, 6.07) is 15.1. The Kier molecular flexibility index (Phi) is 4.03. The average Bonchev–Trinajstić information content (AvgIpc) is 2.96. The van der Waals surface area contributed by atoms with Gasteiger partial charge in [-0.2, -0.15) is 0 Å². The summed E-state index contributed by atoms with van der Waals surface area (Å²) in [5, 5.41) is 3.49. The number of nitrogens with one attached hydrogen (secondary N) is 1. The number of rotatable bonds is 5. The average molecular weight is 267 g/mol. The fourth-order valence-electron chi connectivity index (χ4n) is 2.76. The molecule has 0 bridgehead atoms. The van der Waals surface area contributed by atoms with Gasteiger partial charge in [-0.05, 0) is 29.7 Å². The second-order valence-corrected chi connectivity index (χ2v) is 5.23. The predicted molar refractivity (Wildman–Crippen MR) is 83.1 cm³/mol. The lowest BCUT2D eigenvalue weighted by Gasteiger charge is -2.13. The van der Waals surface area contributed by atoms with E-state index in [0.717, 1.165) is 38.3 Å². The Balaban J connectivity index is 1.96. The van der Waals surface area contributed by atoms with Crippen LogP contribution in [0.2, 0.25) is 0 Å². The molecule has 1 aliphatic heterocycles. The van der Waals surface area contributed by atoms with Crippen LogP contribution in [0.5, 0.6) is 5.75 Å². The van der Waals surface area contributed by atoms with Crippen molar-refractivity contribution >= 4 is 0 Å². The van der Waals surface area contributed by atoms with Gasteiger partial charge in [0.25, 0.3) is 0 Å². The zero-order valence-electron chi connectivity index (χ0n) is 12.0. The van der Waals surface area contributed by atoms with Crippen LogP contribution >= 0.6 is 0 Å². The van der Waals surface area contributed by atoms with E-state index < -0.39 is 0 Å². The first-order valence-corrected chi connectivity index (χ1v) is 7.44. The maximum atomic E-state index is 5.84. The van der Waals surface area contributed by atoms with E-state index in [2.05, 4.69) is 54.7 Å². The van der Waals surface area contributed by atoms with Crippen LogP contribution in [0.25, 0.3) is 11.1 Å². The van der Waals surface area contributed by atoms with Gasteiger partial charge in [0.05, 0.1) is 6.61 Å². The Bertz CT molecular complexity index is 592. The first kappa shape index (κ1) is 13.2. The molecule has 104 valence electrons. The monoisotopic (exact) mass is 267 g/mol. The zero-order valence-corrected chi connectivity index (χ0v) is 12.0. The molecule has 0 saturated heterocycles. The topological polar surface area (TPSA) is 21.3 Å². The molecule has 1 N–H and O–H groups in total. The summed E-state index contributed by atoms with van der Waals surface area (Å²) in [7, 11) is 0. The third-order valence-electron chi connectivity index (χ3n) is 3.76. The summed E-state index contributed by atoms with van der Waals surface area (Å²) in [6.07, 6.45) is 2.19. The summed E-state index contributed by atoms with van der Waals surface area (Å²) >= 11 is 0. The van der Waals surface area contributed by atoms with Crippen molar-refractivity contribution in [2.24, 2.45) is 0 Å². The lowest BCUT2D eigenvalue weighted by Crippen LogP contribution is -2.14. The Morgan fingerprint density at radius 3 is 2.80 bits per heavy atom. The van der Waals surface area contributed by atoms with E-state index in [4.69, 9.17) is 4.74 Å². The molecule has 0 atom stereocenters. The van der Waals surface area contributed by atoms with Crippen LogP contribution in [-0.2, 0) is 13.0 Å². The number of hydrogen-bond donors (Lipinski definition) is 1. The molecule has 0 aromatic heterocycles. The summed E-state index contributed by atoms with van der Waals surface area (Å²) in [5.74, 6) is 1.08. The van der Waals surface area contributed by atoms with Crippen LogP contribution in [0.3, 0.4) is 0 Å². The second-order valence-electron chi connectivity index (χ2n) is 5.23. The Morgan fingerprint density at radius 2 is 1.90 bits per heavy atom. The van der Waals surface area contributed by atoms with E-state index in [1.165, 1.54) is 22.3 Å². The minimum Gasteiger partial charge on any atom is -0.492 e. The van der Waals surface area contributed by atoms with Crippen LogP contribution in [0.15, 0.2) is 42.5 Å². The first-order valence-electron chi connectivity index (χ1n) is 7.44. The van der Waals surface area contributed by atoms with Crippen molar-refractivity contribution in [1.82, 2.24) is 5.32 Å². The molecule has 0 spiro atoms. The van der Waals surface area contributed by atoms with Crippen molar-refractivity contribution in [2.75, 3.05) is 13.2 Å². The molecule has 2 aromatic rings. The fourth-order valence-corrected chi connectivity index (χ4v) is 2.76. The summed E-state index contributed by atoms with van der Waals surface area (Å²) in [5.41, 5.74) is 5.19. The second kappa shape index (κ2) is 6.10. The lowest BCUT2D eigenvalue weighted by atomic mass is 9.97. The van der Waals surface area contributed by atoms with E-state index in [1.807, 2.05) is 0 Å². The molecule has 0 amide bonds. The van der Waals surface area contributed by atoms with Gasteiger partial charge in [-0.25, -0.2) is 0 Å². The molecule has 0 radical (unpaired) electrons. The standard InChI is InChI=1S/C18H21NO/c1-2-11-19-13-15-6-3-4-8-16(15)17-9-5-7-14-10-12-20-18(14)17/h3-9,19H,2,10-13H2,1H3. The minimum atomic E-state index is 0.808. The van der Waals surface area contributed by atoms with Crippen LogP contribution in [0.4, 0.5) is 0 Å². The Hall–Kier alpha value is -1.80. The smallest absolute Gasteiger partial charge is 0.130 e. The van der Waals surface area contributed by atoms with Gasteiger partial charge >= 0.3 is 0 Å². The number of benzene rings is 2. The highest BCUT2D eigenvalue weighted by Crippen LogP contribution is 2.38. The van der Waals surface area contributed by atoms with E-state index in [0.29, 0.717) is 0 Å².